The van der Waals surface area contributed by atoms with Crippen molar-refractivity contribution in [3.63, 3.8) is 0 Å². The minimum atomic E-state index is -1.12. The first-order chi connectivity index (χ1) is 8.62. The maximum absolute atomic E-state index is 4.82. The van der Waals surface area contributed by atoms with Gasteiger partial charge in [-0.3, -0.25) is 0 Å². The number of nitrogens with zero attached hydrogens (tertiary/aromatic N) is 3. The van der Waals surface area contributed by atoms with Crippen LogP contribution in [0.2, 0.25) is 58.9 Å². The van der Waals surface area contributed by atoms with Crippen LogP contribution in [-0.4, -0.2) is 56.8 Å². The van der Waals surface area contributed by atoms with E-state index in [0.29, 0.717) is 0 Å². The Kier molecular flexibility index (Phi) is 14.8. The van der Waals surface area contributed by atoms with E-state index in [9.17, 15) is 0 Å². The minimum Gasteiger partial charge on any atom is -0.668 e. The van der Waals surface area contributed by atoms with Gasteiger partial charge in [-0.1, -0.05) is 90.1 Å². The van der Waals surface area contributed by atoms with Gasteiger partial charge in [0.1, 0.15) is 0 Å². The Bertz CT molecular complexity index is 231. The fraction of sp³-hybridized carbons (Fsp3) is 1.00. The molecule has 3 nitrogen and oxygen atoms in total. The summed E-state index contributed by atoms with van der Waals surface area (Å²) in [5, 5.41) is 0. The van der Waals surface area contributed by atoms with E-state index in [4.69, 9.17) is 4.65 Å². The first kappa shape index (κ1) is 26.9. The molecule has 0 saturated carbocycles. The molecular formula is C14H39CoN3Si3+. The van der Waals surface area contributed by atoms with Crippen molar-refractivity contribution >= 4 is 24.7 Å². The molecule has 0 radical (unpaired) electrons. The summed E-state index contributed by atoms with van der Waals surface area (Å²) in [7, 11) is 0.877. The van der Waals surface area contributed by atoms with Gasteiger partial charge in [-0.15, -0.1) is 6.54 Å². The largest absolute Gasteiger partial charge is 3.00 e. The summed E-state index contributed by atoms with van der Waals surface area (Å²) in [6, 6.07) is 0. The van der Waals surface area contributed by atoms with Crippen LogP contribution in [0.3, 0.4) is 0 Å². The van der Waals surface area contributed by atoms with Crippen molar-refractivity contribution in [1.29, 1.82) is 0 Å². The molecule has 21 heavy (non-hydrogen) atoms. The fourth-order valence-corrected chi connectivity index (χ4v) is 10.7. The van der Waals surface area contributed by atoms with E-state index in [2.05, 4.69) is 82.9 Å². The second-order valence-corrected chi connectivity index (χ2v) is 22.9. The molecule has 0 heterocycles. The Morgan fingerprint density at radius 1 is 0.714 bits per heavy atom. The quantitative estimate of drug-likeness (QED) is 0.434. The molecule has 0 aromatic heterocycles. The van der Waals surface area contributed by atoms with Crippen LogP contribution in [0.15, 0.2) is 0 Å². The van der Waals surface area contributed by atoms with Crippen molar-refractivity contribution in [2.24, 2.45) is 0 Å². The first-order valence-corrected chi connectivity index (χ1v) is 18.0. The van der Waals surface area contributed by atoms with Crippen molar-refractivity contribution < 1.29 is 16.8 Å². The van der Waals surface area contributed by atoms with Gasteiger partial charge in [0.25, 0.3) is 0 Å². The molecule has 130 valence electrons. The summed E-state index contributed by atoms with van der Waals surface area (Å²) in [6.45, 7) is 22.8. The molecule has 0 aliphatic carbocycles. The molecule has 0 aliphatic rings. The SMILES string of the molecule is CN(C)CCC[N-][Si](C)(C)C.C[Si](C)(C)[N-][Si](C)(C)C.[Co+3]. The maximum Gasteiger partial charge on any atom is 3.00 e. The van der Waals surface area contributed by atoms with Crippen LogP contribution in [0, 0.1) is 0 Å². The molecule has 0 atom stereocenters. The van der Waals surface area contributed by atoms with Gasteiger partial charge in [0.2, 0.25) is 0 Å². The number of hydrogen-bond acceptors (Lipinski definition) is 1. The summed E-state index contributed by atoms with van der Waals surface area (Å²) in [6.07, 6.45) is 1.21. The molecule has 0 amide bonds. The second-order valence-electron chi connectivity index (χ2n) is 8.66. The molecule has 7 heteroatoms. The maximum atomic E-state index is 4.82. The van der Waals surface area contributed by atoms with Crippen molar-refractivity contribution in [1.82, 2.24) is 4.90 Å². The Balaban J connectivity index is -0.000000300. The Hall–Kier alpha value is 1.04. The van der Waals surface area contributed by atoms with Gasteiger partial charge in [-0.2, -0.15) is 0 Å². The van der Waals surface area contributed by atoms with Gasteiger partial charge in [0.15, 0.2) is 0 Å². The summed E-state index contributed by atoms with van der Waals surface area (Å²) in [5.74, 6) is 0. The van der Waals surface area contributed by atoms with E-state index in [-0.39, 0.29) is 16.8 Å². The Morgan fingerprint density at radius 3 is 1.29 bits per heavy atom. The molecule has 0 aliphatic heterocycles. The predicted octanol–water partition coefficient (Wildman–Crippen LogP) is 5.17. The third kappa shape index (κ3) is 33.7. The normalized spacial score (nSPS) is 12.6. The van der Waals surface area contributed by atoms with Gasteiger partial charge in [-0.25, -0.2) is 0 Å². The van der Waals surface area contributed by atoms with Crippen LogP contribution in [-0.2, 0) is 16.8 Å². The topological polar surface area (TPSA) is 31.4 Å². The second kappa shape index (κ2) is 11.6. The standard InChI is InChI=1S/C8H21N2Si.C6H18NSi2.Co/c1-10(2)8-6-7-9-11(3,4)5;1-8(2,3)7-9(4,5)6;/h6-8H2,1-5H3;1-6H3;/q2*-1;+3. The van der Waals surface area contributed by atoms with Crippen molar-refractivity contribution in [2.45, 2.75) is 65.3 Å². The zero-order valence-corrected chi connectivity index (χ0v) is 20.3. The molecular weight excluding hydrogens is 353 g/mol. The summed E-state index contributed by atoms with van der Waals surface area (Å²) >= 11 is 0. The predicted molar refractivity (Wildman–Crippen MR) is 105 cm³/mol. The van der Waals surface area contributed by atoms with Crippen LogP contribution < -0.4 is 0 Å². The Labute approximate surface area is 148 Å². The van der Waals surface area contributed by atoms with Gasteiger partial charge in [0, 0.05) is 0 Å². The summed E-state index contributed by atoms with van der Waals surface area (Å²) in [5.41, 5.74) is 0. The zero-order chi connectivity index (χ0) is 16.6. The van der Waals surface area contributed by atoms with Crippen molar-refractivity contribution in [3.05, 3.63) is 9.63 Å². The van der Waals surface area contributed by atoms with Crippen LogP contribution in [0.1, 0.15) is 6.42 Å². The summed E-state index contributed by atoms with van der Waals surface area (Å²) < 4.78 is 4.82. The molecule has 0 rings (SSSR count). The van der Waals surface area contributed by atoms with Crippen LogP contribution in [0.25, 0.3) is 9.63 Å². The van der Waals surface area contributed by atoms with E-state index in [1.54, 1.807) is 0 Å². The van der Waals surface area contributed by atoms with Crippen molar-refractivity contribution in [3.8, 4) is 0 Å². The van der Waals surface area contributed by atoms with Crippen LogP contribution in [0.4, 0.5) is 0 Å². The van der Waals surface area contributed by atoms with Gasteiger partial charge >= 0.3 is 16.8 Å². The molecule has 0 fully saturated rings. The molecule has 0 N–H and O–H groups in total. The fourth-order valence-electron chi connectivity index (χ4n) is 1.81. The molecule has 0 saturated heterocycles. The molecule has 0 aromatic carbocycles. The minimum absolute atomic E-state index is 0. The molecule has 0 aromatic rings. The average molecular weight is 393 g/mol. The van der Waals surface area contributed by atoms with Gasteiger partial charge < -0.3 is 14.5 Å². The third-order valence-electron chi connectivity index (χ3n) is 2.02. The summed E-state index contributed by atoms with van der Waals surface area (Å²) in [4.78, 5) is 6.85. The molecule has 0 unspecified atom stereocenters. The Morgan fingerprint density at radius 2 is 1.10 bits per heavy atom. The van der Waals surface area contributed by atoms with E-state index in [0.717, 1.165) is 13.1 Å². The zero-order valence-electron chi connectivity index (χ0n) is 16.3. The van der Waals surface area contributed by atoms with Gasteiger partial charge in [0.05, 0.1) is 0 Å². The number of rotatable bonds is 7. The van der Waals surface area contributed by atoms with E-state index in [1.807, 2.05) is 0 Å². The first-order valence-electron chi connectivity index (χ1n) is 7.70. The van der Waals surface area contributed by atoms with Crippen LogP contribution in [0.5, 0.6) is 0 Å². The van der Waals surface area contributed by atoms with E-state index < -0.39 is 24.7 Å². The average Bonchev–Trinajstić information content (AvgIpc) is 2.05. The smallest absolute Gasteiger partial charge is 0.668 e. The third-order valence-corrected chi connectivity index (χ3v) is 8.56. The van der Waals surface area contributed by atoms with E-state index >= 15 is 0 Å². The molecule has 0 bridgehead atoms. The number of hydrogen-bond donors (Lipinski definition) is 0. The van der Waals surface area contributed by atoms with Crippen molar-refractivity contribution in [2.75, 3.05) is 27.2 Å². The molecule has 0 spiro atoms. The monoisotopic (exact) mass is 392 g/mol. The van der Waals surface area contributed by atoms with Crippen LogP contribution >= 0.6 is 0 Å². The van der Waals surface area contributed by atoms with Gasteiger partial charge in [-0.05, 0) is 20.6 Å². The van der Waals surface area contributed by atoms with E-state index in [1.165, 1.54) is 6.42 Å².